The maximum absolute atomic E-state index is 12.2. The van der Waals surface area contributed by atoms with Crippen LogP contribution in [0.1, 0.15) is 49.5 Å². The molecule has 0 radical (unpaired) electrons. The van der Waals surface area contributed by atoms with Crippen LogP contribution in [0, 0.1) is 0 Å². The first-order chi connectivity index (χ1) is 9.18. The highest BCUT2D eigenvalue weighted by atomic mass is 16.5. The van der Waals surface area contributed by atoms with E-state index in [1.807, 2.05) is 43.0 Å². The molecule has 1 aliphatic heterocycles. The van der Waals surface area contributed by atoms with Crippen molar-refractivity contribution in [2.45, 2.75) is 33.6 Å². The summed E-state index contributed by atoms with van der Waals surface area (Å²) in [6.45, 7) is 11.0. The molecule has 1 aromatic carbocycles. The fraction of sp³-hybridized carbons (Fsp3) is 0.562. The number of ether oxygens (including phenoxy) is 1. The summed E-state index contributed by atoms with van der Waals surface area (Å²) in [4.78, 5) is 14.0. The first kappa shape index (κ1) is 15.7. The van der Waals surface area contributed by atoms with Crippen molar-refractivity contribution in [3.63, 3.8) is 0 Å². The van der Waals surface area contributed by atoms with Crippen molar-refractivity contribution in [3.05, 3.63) is 35.4 Å². The van der Waals surface area contributed by atoms with E-state index in [-0.39, 0.29) is 5.91 Å². The van der Waals surface area contributed by atoms with Gasteiger partial charge in [-0.2, -0.15) is 0 Å². The Labute approximate surface area is 116 Å². The van der Waals surface area contributed by atoms with Gasteiger partial charge in [-0.3, -0.25) is 4.79 Å². The van der Waals surface area contributed by atoms with Crippen molar-refractivity contribution in [1.29, 1.82) is 0 Å². The summed E-state index contributed by atoms with van der Waals surface area (Å²) in [7, 11) is 0. The molecule has 3 heteroatoms. The molecule has 1 heterocycles. The van der Waals surface area contributed by atoms with Gasteiger partial charge in [0.2, 0.25) is 0 Å². The zero-order valence-electron chi connectivity index (χ0n) is 12.5. The van der Waals surface area contributed by atoms with E-state index in [4.69, 9.17) is 4.74 Å². The molecule has 0 N–H and O–H groups in total. The van der Waals surface area contributed by atoms with Crippen LogP contribution >= 0.6 is 0 Å². The Morgan fingerprint density at radius 3 is 2.11 bits per heavy atom. The van der Waals surface area contributed by atoms with Crippen LogP contribution in [0.4, 0.5) is 0 Å². The Bertz CT molecular complexity index is 378. The van der Waals surface area contributed by atoms with Gasteiger partial charge in [-0.1, -0.05) is 39.8 Å². The van der Waals surface area contributed by atoms with Gasteiger partial charge in [-0.05, 0) is 23.6 Å². The number of rotatable bonds is 2. The number of amides is 1. The van der Waals surface area contributed by atoms with Gasteiger partial charge in [0, 0.05) is 18.7 Å². The molecule has 3 nitrogen and oxygen atoms in total. The normalized spacial score (nSPS) is 14.9. The van der Waals surface area contributed by atoms with Crippen LogP contribution in [-0.4, -0.2) is 37.1 Å². The molecule has 1 saturated heterocycles. The molecular formula is C16H25NO2. The average Bonchev–Trinajstić information content (AvgIpc) is 2.49. The minimum Gasteiger partial charge on any atom is -0.378 e. The van der Waals surface area contributed by atoms with Gasteiger partial charge in [-0.15, -0.1) is 0 Å². The third-order valence-corrected chi connectivity index (χ3v) is 3.12. The van der Waals surface area contributed by atoms with Crippen molar-refractivity contribution >= 4 is 5.91 Å². The van der Waals surface area contributed by atoms with Gasteiger partial charge in [0.15, 0.2) is 0 Å². The summed E-state index contributed by atoms with van der Waals surface area (Å²) in [6, 6.07) is 7.93. The van der Waals surface area contributed by atoms with Crippen molar-refractivity contribution in [1.82, 2.24) is 4.90 Å². The van der Waals surface area contributed by atoms with Crippen molar-refractivity contribution in [2.24, 2.45) is 0 Å². The molecule has 1 aromatic rings. The lowest BCUT2D eigenvalue weighted by molar-refractivity contribution is 0.0303. The number of nitrogens with zero attached hydrogens (tertiary/aromatic N) is 1. The number of carbonyl (C=O) groups excluding carboxylic acids is 1. The van der Waals surface area contributed by atoms with Gasteiger partial charge >= 0.3 is 0 Å². The maximum atomic E-state index is 12.2. The maximum Gasteiger partial charge on any atom is 0.254 e. The first-order valence-electron chi connectivity index (χ1n) is 7.15. The third kappa shape index (κ3) is 4.35. The van der Waals surface area contributed by atoms with E-state index in [9.17, 15) is 4.79 Å². The second-order valence-corrected chi connectivity index (χ2v) is 4.68. The summed E-state index contributed by atoms with van der Waals surface area (Å²) in [5, 5.41) is 0. The van der Waals surface area contributed by atoms with Crippen molar-refractivity contribution in [3.8, 4) is 0 Å². The van der Waals surface area contributed by atoms with Gasteiger partial charge in [-0.25, -0.2) is 0 Å². The molecule has 0 aromatic heterocycles. The van der Waals surface area contributed by atoms with E-state index >= 15 is 0 Å². The Morgan fingerprint density at radius 1 is 1.11 bits per heavy atom. The van der Waals surface area contributed by atoms with Crippen LogP contribution in [-0.2, 0) is 4.74 Å². The van der Waals surface area contributed by atoms with Crippen LogP contribution in [0.3, 0.4) is 0 Å². The number of benzene rings is 1. The number of morpholine rings is 1. The third-order valence-electron chi connectivity index (χ3n) is 3.12. The monoisotopic (exact) mass is 263 g/mol. The predicted molar refractivity (Wildman–Crippen MR) is 78.6 cm³/mol. The number of carbonyl (C=O) groups is 1. The molecule has 19 heavy (non-hydrogen) atoms. The van der Waals surface area contributed by atoms with Crippen LogP contribution in [0.2, 0.25) is 0 Å². The molecule has 0 saturated carbocycles. The largest absolute Gasteiger partial charge is 0.378 e. The zero-order valence-corrected chi connectivity index (χ0v) is 12.5. The molecule has 0 bridgehead atoms. The Hall–Kier alpha value is -1.35. The van der Waals surface area contributed by atoms with E-state index in [0.717, 1.165) is 5.56 Å². The zero-order chi connectivity index (χ0) is 14.3. The molecule has 106 valence electrons. The summed E-state index contributed by atoms with van der Waals surface area (Å²) >= 11 is 0. The molecule has 2 rings (SSSR count). The Kier molecular flexibility index (Phi) is 6.57. The van der Waals surface area contributed by atoms with Crippen molar-refractivity contribution < 1.29 is 9.53 Å². The van der Waals surface area contributed by atoms with Crippen LogP contribution in [0.25, 0.3) is 0 Å². The van der Waals surface area contributed by atoms with E-state index in [2.05, 4.69) is 13.8 Å². The van der Waals surface area contributed by atoms with E-state index in [1.165, 1.54) is 5.56 Å². The topological polar surface area (TPSA) is 29.5 Å². The Balaban J connectivity index is 0.000000861. The lowest BCUT2D eigenvalue weighted by atomic mass is 10.0. The minimum absolute atomic E-state index is 0.114. The quantitative estimate of drug-likeness (QED) is 0.819. The minimum atomic E-state index is 0.114. The second kappa shape index (κ2) is 7.95. The lowest BCUT2D eigenvalue weighted by Crippen LogP contribution is -2.40. The molecule has 0 atom stereocenters. The lowest BCUT2D eigenvalue weighted by Gasteiger charge is -2.26. The highest BCUT2D eigenvalue weighted by molar-refractivity contribution is 5.94. The summed E-state index contributed by atoms with van der Waals surface area (Å²) in [5.41, 5.74) is 2.04. The highest BCUT2D eigenvalue weighted by Gasteiger charge is 2.18. The van der Waals surface area contributed by atoms with Gasteiger partial charge < -0.3 is 9.64 Å². The van der Waals surface area contributed by atoms with Crippen molar-refractivity contribution in [2.75, 3.05) is 26.3 Å². The van der Waals surface area contributed by atoms with E-state index in [1.54, 1.807) is 0 Å². The molecule has 1 aliphatic rings. The predicted octanol–water partition coefficient (Wildman–Crippen LogP) is 3.31. The van der Waals surface area contributed by atoms with Crippen LogP contribution in [0.15, 0.2) is 24.3 Å². The van der Waals surface area contributed by atoms with E-state index in [0.29, 0.717) is 32.2 Å². The number of hydrogen-bond donors (Lipinski definition) is 0. The molecular weight excluding hydrogens is 238 g/mol. The molecule has 1 amide bonds. The van der Waals surface area contributed by atoms with Crippen LogP contribution < -0.4 is 0 Å². The van der Waals surface area contributed by atoms with E-state index < -0.39 is 0 Å². The molecule has 0 aliphatic carbocycles. The summed E-state index contributed by atoms with van der Waals surface area (Å²) < 4.78 is 5.24. The summed E-state index contributed by atoms with van der Waals surface area (Å²) in [6.07, 6.45) is 0. The first-order valence-corrected chi connectivity index (χ1v) is 7.15. The van der Waals surface area contributed by atoms with Gasteiger partial charge in [0.25, 0.3) is 5.91 Å². The second-order valence-electron chi connectivity index (χ2n) is 4.68. The number of hydrogen-bond acceptors (Lipinski definition) is 2. The SMILES string of the molecule is CC.CC(C)c1ccc(C(=O)N2CCOCC2)cc1. The Morgan fingerprint density at radius 2 is 1.63 bits per heavy atom. The molecule has 0 unspecified atom stereocenters. The summed E-state index contributed by atoms with van der Waals surface area (Å²) in [5.74, 6) is 0.617. The average molecular weight is 263 g/mol. The smallest absolute Gasteiger partial charge is 0.254 e. The van der Waals surface area contributed by atoms with Gasteiger partial charge in [0.05, 0.1) is 13.2 Å². The van der Waals surface area contributed by atoms with Crippen LogP contribution in [0.5, 0.6) is 0 Å². The fourth-order valence-corrected chi connectivity index (χ4v) is 1.96. The highest BCUT2D eigenvalue weighted by Crippen LogP contribution is 2.16. The molecule has 1 fully saturated rings. The fourth-order valence-electron chi connectivity index (χ4n) is 1.96. The van der Waals surface area contributed by atoms with Gasteiger partial charge in [0.1, 0.15) is 0 Å². The standard InChI is InChI=1S/C14H19NO2.C2H6/c1-11(2)12-3-5-13(6-4-12)14(16)15-7-9-17-10-8-15;1-2/h3-6,11H,7-10H2,1-2H3;1-2H3. The molecule has 0 spiro atoms.